The van der Waals surface area contributed by atoms with Gasteiger partial charge >= 0.3 is 0 Å². The molecule has 0 unspecified atom stereocenters. The number of carbonyl (C=O) groups excluding carboxylic acids is 1. The molecule has 21 heavy (non-hydrogen) atoms. The second-order valence-electron chi connectivity index (χ2n) is 4.78. The topological polar surface area (TPSA) is 75.8 Å². The summed E-state index contributed by atoms with van der Waals surface area (Å²) in [4.78, 5) is 13.6. The van der Waals surface area contributed by atoms with Crippen LogP contribution in [0.3, 0.4) is 0 Å². The molecule has 0 radical (unpaired) electrons. The number of ether oxygens (including phenoxy) is 1. The second kappa shape index (κ2) is 6.65. The molecule has 0 bridgehead atoms. The van der Waals surface area contributed by atoms with Gasteiger partial charge in [-0.05, 0) is 29.8 Å². The lowest BCUT2D eigenvalue weighted by atomic mass is 10.2. The third-order valence-corrected chi connectivity index (χ3v) is 3.00. The first-order chi connectivity index (χ1) is 10.0. The summed E-state index contributed by atoms with van der Waals surface area (Å²) < 4.78 is 5.42. The van der Waals surface area contributed by atoms with Gasteiger partial charge in [-0.15, -0.1) is 0 Å². The Labute approximate surface area is 123 Å². The molecule has 110 valence electrons. The van der Waals surface area contributed by atoms with Crippen molar-refractivity contribution >= 4 is 11.6 Å². The minimum Gasteiger partial charge on any atom is -0.508 e. The fourth-order valence-electron chi connectivity index (χ4n) is 1.82. The summed E-state index contributed by atoms with van der Waals surface area (Å²) in [5, 5.41) is 9.22. The van der Waals surface area contributed by atoms with E-state index in [0.29, 0.717) is 18.0 Å². The first-order valence-corrected chi connectivity index (χ1v) is 6.55. The van der Waals surface area contributed by atoms with Gasteiger partial charge in [0.15, 0.2) is 6.61 Å². The van der Waals surface area contributed by atoms with E-state index >= 15 is 0 Å². The maximum Gasteiger partial charge on any atom is 0.260 e. The number of hydrogen-bond donors (Lipinski definition) is 2. The molecule has 0 aliphatic carbocycles. The van der Waals surface area contributed by atoms with E-state index in [1.807, 2.05) is 0 Å². The molecule has 2 aromatic carbocycles. The summed E-state index contributed by atoms with van der Waals surface area (Å²) in [7, 11) is 1.71. The Balaban J connectivity index is 1.86. The predicted molar refractivity (Wildman–Crippen MR) is 80.9 cm³/mol. The van der Waals surface area contributed by atoms with Gasteiger partial charge in [-0.1, -0.05) is 18.2 Å². The quantitative estimate of drug-likeness (QED) is 0.824. The molecule has 1 amide bonds. The summed E-state index contributed by atoms with van der Waals surface area (Å²) >= 11 is 0. The Morgan fingerprint density at radius 3 is 2.62 bits per heavy atom. The zero-order valence-corrected chi connectivity index (χ0v) is 11.8. The third kappa shape index (κ3) is 4.42. The summed E-state index contributed by atoms with van der Waals surface area (Å²) in [6.07, 6.45) is 0. The van der Waals surface area contributed by atoms with E-state index in [9.17, 15) is 9.90 Å². The van der Waals surface area contributed by atoms with E-state index in [0.717, 1.165) is 5.56 Å². The van der Waals surface area contributed by atoms with E-state index in [1.165, 1.54) is 0 Å². The Bertz CT molecular complexity index is 611. The van der Waals surface area contributed by atoms with Crippen LogP contribution in [-0.2, 0) is 11.3 Å². The van der Waals surface area contributed by atoms with Crippen molar-refractivity contribution in [3.63, 3.8) is 0 Å². The summed E-state index contributed by atoms with van der Waals surface area (Å²) in [5.74, 6) is 0.643. The van der Waals surface area contributed by atoms with Crippen LogP contribution < -0.4 is 10.5 Å². The number of aromatic hydroxyl groups is 1. The van der Waals surface area contributed by atoms with E-state index in [-0.39, 0.29) is 18.3 Å². The van der Waals surface area contributed by atoms with E-state index in [2.05, 4.69) is 0 Å². The molecule has 0 saturated heterocycles. The van der Waals surface area contributed by atoms with Gasteiger partial charge in [0.25, 0.3) is 5.91 Å². The molecule has 0 fully saturated rings. The van der Waals surface area contributed by atoms with E-state index < -0.39 is 0 Å². The first kappa shape index (κ1) is 14.7. The number of rotatable bonds is 5. The number of anilines is 1. The largest absolute Gasteiger partial charge is 0.508 e. The van der Waals surface area contributed by atoms with Crippen LogP contribution >= 0.6 is 0 Å². The van der Waals surface area contributed by atoms with Crippen LogP contribution in [0.25, 0.3) is 0 Å². The number of amides is 1. The van der Waals surface area contributed by atoms with Crippen molar-refractivity contribution in [1.29, 1.82) is 0 Å². The Kier molecular flexibility index (Phi) is 4.66. The van der Waals surface area contributed by atoms with Crippen molar-refractivity contribution < 1.29 is 14.6 Å². The number of phenolic OH excluding ortho intramolecular Hbond substituents is 1. The molecule has 2 aromatic rings. The number of phenols is 1. The minimum atomic E-state index is -0.134. The monoisotopic (exact) mass is 286 g/mol. The van der Waals surface area contributed by atoms with Gasteiger partial charge in [0.2, 0.25) is 0 Å². The van der Waals surface area contributed by atoms with Crippen molar-refractivity contribution in [2.24, 2.45) is 0 Å². The molecular formula is C16H18N2O3. The van der Waals surface area contributed by atoms with Crippen molar-refractivity contribution in [1.82, 2.24) is 4.90 Å². The van der Waals surface area contributed by atoms with Crippen LogP contribution in [0.15, 0.2) is 48.5 Å². The number of nitrogen functional groups attached to an aromatic ring is 1. The number of carbonyl (C=O) groups is 1. The molecule has 0 atom stereocenters. The van der Waals surface area contributed by atoms with Crippen LogP contribution in [-0.4, -0.2) is 29.6 Å². The van der Waals surface area contributed by atoms with Gasteiger partial charge in [0, 0.05) is 25.3 Å². The fourth-order valence-corrected chi connectivity index (χ4v) is 1.82. The smallest absolute Gasteiger partial charge is 0.260 e. The SMILES string of the molecule is CN(Cc1ccc(O)cc1)C(=O)COc1cccc(N)c1. The highest BCUT2D eigenvalue weighted by Gasteiger charge is 2.10. The number of hydrogen-bond acceptors (Lipinski definition) is 4. The number of nitrogens with two attached hydrogens (primary N) is 1. The van der Waals surface area contributed by atoms with E-state index in [4.69, 9.17) is 10.5 Å². The Hall–Kier alpha value is -2.69. The normalized spacial score (nSPS) is 10.1. The standard InChI is InChI=1S/C16H18N2O3/c1-18(10-12-5-7-14(19)8-6-12)16(20)11-21-15-4-2-3-13(17)9-15/h2-9,19H,10-11,17H2,1H3. The molecular weight excluding hydrogens is 268 g/mol. The van der Waals surface area contributed by atoms with Crippen LogP contribution in [0, 0.1) is 0 Å². The number of nitrogens with zero attached hydrogens (tertiary/aromatic N) is 1. The first-order valence-electron chi connectivity index (χ1n) is 6.55. The second-order valence-corrected chi connectivity index (χ2v) is 4.78. The molecule has 0 aliphatic rings. The highest BCUT2D eigenvalue weighted by Crippen LogP contribution is 2.15. The van der Waals surface area contributed by atoms with Crippen LogP contribution in [0.2, 0.25) is 0 Å². The Morgan fingerprint density at radius 2 is 1.95 bits per heavy atom. The van der Waals surface area contributed by atoms with Crippen molar-refractivity contribution in [2.75, 3.05) is 19.4 Å². The fraction of sp³-hybridized carbons (Fsp3) is 0.188. The lowest BCUT2D eigenvalue weighted by Gasteiger charge is -2.17. The number of benzene rings is 2. The predicted octanol–water partition coefficient (Wildman–Crippen LogP) is 2.01. The molecule has 5 heteroatoms. The van der Waals surface area contributed by atoms with Gasteiger partial charge in [-0.3, -0.25) is 4.79 Å². The van der Waals surface area contributed by atoms with Gasteiger partial charge < -0.3 is 20.5 Å². The van der Waals surface area contributed by atoms with Gasteiger partial charge in [0.05, 0.1) is 0 Å². The minimum absolute atomic E-state index is 0.0436. The van der Waals surface area contributed by atoms with E-state index in [1.54, 1.807) is 60.5 Å². The molecule has 0 heterocycles. The molecule has 0 aromatic heterocycles. The van der Waals surface area contributed by atoms with Gasteiger partial charge in [-0.25, -0.2) is 0 Å². The molecule has 0 aliphatic heterocycles. The number of likely N-dealkylation sites (N-methyl/N-ethyl adjacent to an activating group) is 1. The van der Waals surface area contributed by atoms with Crippen LogP contribution in [0.5, 0.6) is 11.5 Å². The average molecular weight is 286 g/mol. The molecule has 0 saturated carbocycles. The molecule has 5 nitrogen and oxygen atoms in total. The third-order valence-electron chi connectivity index (χ3n) is 3.00. The van der Waals surface area contributed by atoms with Crippen molar-refractivity contribution in [2.45, 2.75) is 6.54 Å². The van der Waals surface area contributed by atoms with Gasteiger partial charge in [-0.2, -0.15) is 0 Å². The zero-order chi connectivity index (χ0) is 15.2. The summed E-state index contributed by atoms with van der Waals surface area (Å²) in [5.41, 5.74) is 7.18. The van der Waals surface area contributed by atoms with Gasteiger partial charge in [0.1, 0.15) is 11.5 Å². The van der Waals surface area contributed by atoms with Crippen LogP contribution in [0.4, 0.5) is 5.69 Å². The zero-order valence-electron chi connectivity index (χ0n) is 11.8. The lowest BCUT2D eigenvalue weighted by Crippen LogP contribution is -2.30. The summed E-state index contributed by atoms with van der Waals surface area (Å²) in [6, 6.07) is 13.7. The lowest BCUT2D eigenvalue weighted by molar-refractivity contribution is -0.132. The maximum absolute atomic E-state index is 12.0. The highest BCUT2D eigenvalue weighted by molar-refractivity contribution is 5.77. The van der Waals surface area contributed by atoms with Crippen molar-refractivity contribution in [3.8, 4) is 11.5 Å². The van der Waals surface area contributed by atoms with Crippen molar-refractivity contribution in [3.05, 3.63) is 54.1 Å². The molecule has 3 N–H and O–H groups in total. The molecule has 2 rings (SSSR count). The molecule has 0 spiro atoms. The highest BCUT2D eigenvalue weighted by atomic mass is 16.5. The van der Waals surface area contributed by atoms with Crippen LogP contribution in [0.1, 0.15) is 5.56 Å². The Morgan fingerprint density at radius 1 is 1.24 bits per heavy atom. The maximum atomic E-state index is 12.0. The summed E-state index contributed by atoms with van der Waals surface area (Å²) in [6.45, 7) is 0.414. The average Bonchev–Trinajstić information content (AvgIpc) is 2.47.